The van der Waals surface area contributed by atoms with E-state index in [0.29, 0.717) is 17.8 Å². The fraction of sp³-hybridized carbons (Fsp3) is 0.714. The van der Waals surface area contributed by atoms with Crippen LogP contribution in [0.1, 0.15) is 38.5 Å². The Bertz CT molecular complexity index is 737. The van der Waals surface area contributed by atoms with E-state index in [0.717, 1.165) is 63.2 Å². The Morgan fingerprint density at radius 3 is 3.00 bits per heavy atom. The van der Waals surface area contributed by atoms with Crippen LogP contribution in [0.25, 0.3) is 0 Å². The lowest BCUT2D eigenvalue weighted by Gasteiger charge is -2.41. The largest absolute Gasteiger partial charge is 0.497 e. The maximum absolute atomic E-state index is 13.2. The van der Waals surface area contributed by atoms with Crippen LogP contribution in [0.4, 0.5) is 5.82 Å². The van der Waals surface area contributed by atoms with E-state index >= 15 is 0 Å². The summed E-state index contributed by atoms with van der Waals surface area (Å²) in [6.45, 7) is 1.75. The second kappa shape index (κ2) is 6.36. The van der Waals surface area contributed by atoms with Crippen molar-refractivity contribution < 1.29 is 14.6 Å². The van der Waals surface area contributed by atoms with Gasteiger partial charge >= 0.3 is 0 Å². The van der Waals surface area contributed by atoms with Crippen molar-refractivity contribution in [2.75, 3.05) is 25.1 Å². The number of methoxy groups -OCH3 is 1. The third-order valence-corrected chi connectivity index (χ3v) is 7.58. The van der Waals surface area contributed by atoms with Gasteiger partial charge in [0.05, 0.1) is 18.6 Å². The fourth-order valence-corrected chi connectivity index (χ4v) is 6.38. The molecule has 0 aromatic carbocycles. The number of hydrogen-bond donors (Lipinski definition) is 2. The maximum atomic E-state index is 13.2. The first-order valence-electron chi connectivity index (χ1n) is 10.3. The number of nitrogens with one attached hydrogen (secondary N) is 1. The van der Waals surface area contributed by atoms with E-state index in [-0.39, 0.29) is 23.5 Å². The molecule has 1 aromatic rings. The highest BCUT2D eigenvalue weighted by Crippen LogP contribution is 2.64. The van der Waals surface area contributed by atoms with E-state index in [1.54, 1.807) is 13.3 Å². The molecule has 6 atom stereocenters. The zero-order chi connectivity index (χ0) is 18.6. The second-order valence-corrected chi connectivity index (χ2v) is 9.12. The third-order valence-electron chi connectivity index (χ3n) is 7.58. The molecule has 2 N–H and O–H groups in total. The summed E-state index contributed by atoms with van der Waals surface area (Å²) in [6.07, 6.45) is 7.53. The van der Waals surface area contributed by atoms with Crippen LogP contribution in [0.3, 0.4) is 0 Å². The van der Waals surface area contributed by atoms with Crippen molar-refractivity contribution in [2.45, 2.75) is 50.7 Å². The number of carbonyl (C=O) groups is 1. The van der Waals surface area contributed by atoms with E-state index in [4.69, 9.17) is 4.74 Å². The number of piperidine rings is 1. The summed E-state index contributed by atoms with van der Waals surface area (Å²) in [4.78, 5) is 19.9. The number of aromatic nitrogens is 1. The molecule has 146 valence electrons. The van der Waals surface area contributed by atoms with Crippen molar-refractivity contribution >= 4 is 11.7 Å². The van der Waals surface area contributed by atoms with Gasteiger partial charge in [0, 0.05) is 31.4 Å². The Hall–Kier alpha value is -1.82. The lowest BCUT2D eigenvalue weighted by molar-refractivity contribution is -0.136. The number of amides is 1. The van der Waals surface area contributed by atoms with Crippen LogP contribution in [0.15, 0.2) is 18.3 Å². The molecule has 5 unspecified atom stereocenters. The predicted octanol–water partition coefficient (Wildman–Crippen LogP) is 1.97. The molecule has 5 aliphatic rings. The average Bonchev–Trinajstić information content (AvgIpc) is 3.09. The molecule has 2 heterocycles. The summed E-state index contributed by atoms with van der Waals surface area (Å²) in [6, 6.07) is 3.97. The van der Waals surface area contributed by atoms with Gasteiger partial charge in [-0.3, -0.25) is 4.79 Å². The average molecular weight is 371 g/mol. The number of pyridine rings is 1. The van der Waals surface area contributed by atoms with Crippen molar-refractivity contribution in [3.05, 3.63) is 18.3 Å². The normalized spacial score (nSPS) is 39.6. The van der Waals surface area contributed by atoms with Crippen LogP contribution in [0.2, 0.25) is 0 Å². The Labute approximate surface area is 160 Å². The van der Waals surface area contributed by atoms with Gasteiger partial charge in [0.1, 0.15) is 11.6 Å². The Balaban J connectivity index is 1.25. The zero-order valence-electron chi connectivity index (χ0n) is 15.9. The lowest BCUT2D eigenvalue weighted by Crippen LogP contribution is -2.53. The van der Waals surface area contributed by atoms with E-state index in [9.17, 15) is 9.90 Å². The molecular formula is C21H29N3O3. The van der Waals surface area contributed by atoms with Gasteiger partial charge < -0.3 is 20.1 Å². The van der Waals surface area contributed by atoms with Crippen molar-refractivity contribution in [3.8, 4) is 5.75 Å². The minimum Gasteiger partial charge on any atom is -0.497 e. The SMILES string of the molecule is COc1ccnc(N2CCC[C@H](NC(=O)C34CC5CC(C3)C(C4)C5O)C2)c1. The number of hydrogen-bond acceptors (Lipinski definition) is 5. The van der Waals surface area contributed by atoms with Gasteiger partial charge in [-0.2, -0.15) is 0 Å². The van der Waals surface area contributed by atoms with E-state index in [2.05, 4.69) is 15.2 Å². The van der Waals surface area contributed by atoms with E-state index in [1.165, 1.54) is 0 Å². The number of carbonyl (C=O) groups excluding carboxylic acids is 1. The molecule has 4 aliphatic carbocycles. The highest BCUT2D eigenvalue weighted by Gasteiger charge is 2.63. The molecular weight excluding hydrogens is 342 g/mol. The zero-order valence-corrected chi connectivity index (χ0v) is 15.9. The van der Waals surface area contributed by atoms with E-state index < -0.39 is 0 Å². The molecule has 1 aromatic heterocycles. The highest BCUT2D eigenvalue weighted by atomic mass is 16.5. The van der Waals surface area contributed by atoms with Crippen LogP contribution in [-0.4, -0.2) is 48.3 Å². The minimum absolute atomic E-state index is 0.163. The highest BCUT2D eigenvalue weighted by molar-refractivity contribution is 5.84. The molecule has 0 radical (unpaired) electrons. The maximum Gasteiger partial charge on any atom is 0.226 e. The third kappa shape index (κ3) is 2.80. The summed E-state index contributed by atoms with van der Waals surface area (Å²) in [7, 11) is 1.66. The van der Waals surface area contributed by atoms with Gasteiger partial charge in [0.25, 0.3) is 0 Å². The molecule has 1 aliphatic heterocycles. The molecule has 1 saturated heterocycles. The monoisotopic (exact) mass is 371 g/mol. The van der Waals surface area contributed by atoms with Gasteiger partial charge in [0.2, 0.25) is 5.91 Å². The molecule has 1 amide bonds. The van der Waals surface area contributed by atoms with Gasteiger partial charge in [-0.05, 0) is 62.3 Å². The number of nitrogens with zero attached hydrogens (tertiary/aromatic N) is 2. The molecule has 6 rings (SSSR count). The second-order valence-electron chi connectivity index (χ2n) is 9.12. The Morgan fingerprint density at radius 1 is 1.37 bits per heavy atom. The smallest absolute Gasteiger partial charge is 0.226 e. The van der Waals surface area contributed by atoms with Crippen LogP contribution >= 0.6 is 0 Å². The number of aliphatic hydroxyl groups excluding tert-OH is 1. The standard InChI is InChI=1S/C21H29N3O3/c1-27-16-4-5-22-18(8-16)24-6-2-3-15(12-24)23-20(26)21-9-13-7-14(10-21)19(25)17(13)11-21/h4-5,8,13-15,17,19,25H,2-3,6-7,9-12H2,1H3,(H,23,26)/t13?,14?,15-,17?,19?,21?/m0/s1. The molecule has 6 heteroatoms. The Morgan fingerprint density at radius 2 is 2.22 bits per heavy atom. The van der Waals surface area contributed by atoms with Gasteiger partial charge in [-0.25, -0.2) is 4.98 Å². The number of ether oxygens (including phenoxy) is 1. The van der Waals surface area contributed by atoms with Crippen molar-refractivity contribution in [2.24, 2.45) is 23.2 Å². The molecule has 4 bridgehead atoms. The summed E-state index contributed by atoms with van der Waals surface area (Å²) in [5, 5.41) is 13.7. The topological polar surface area (TPSA) is 74.7 Å². The van der Waals surface area contributed by atoms with Crippen LogP contribution < -0.4 is 15.0 Å². The van der Waals surface area contributed by atoms with Gasteiger partial charge in [0.15, 0.2) is 0 Å². The summed E-state index contributed by atoms with van der Waals surface area (Å²) < 4.78 is 5.31. The van der Waals surface area contributed by atoms with Gasteiger partial charge in [-0.1, -0.05) is 0 Å². The van der Waals surface area contributed by atoms with E-state index in [1.807, 2.05) is 12.1 Å². The van der Waals surface area contributed by atoms with Crippen molar-refractivity contribution in [1.82, 2.24) is 10.3 Å². The molecule has 27 heavy (non-hydrogen) atoms. The lowest BCUT2D eigenvalue weighted by atomic mass is 9.68. The van der Waals surface area contributed by atoms with Crippen LogP contribution in [0, 0.1) is 23.2 Å². The van der Waals surface area contributed by atoms with Crippen LogP contribution in [-0.2, 0) is 4.79 Å². The first-order chi connectivity index (χ1) is 13.1. The fourth-order valence-electron chi connectivity index (χ4n) is 6.38. The summed E-state index contributed by atoms with van der Waals surface area (Å²) in [5.41, 5.74) is -0.214. The summed E-state index contributed by atoms with van der Waals surface area (Å²) in [5.74, 6) is 3.22. The van der Waals surface area contributed by atoms with Crippen LogP contribution in [0.5, 0.6) is 5.75 Å². The van der Waals surface area contributed by atoms with Crippen molar-refractivity contribution in [3.63, 3.8) is 0 Å². The summed E-state index contributed by atoms with van der Waals surface area (Å²) >= 11 is 0. The quantitative estimate of drug-likeness (QED) is 0.846. The van der Waals surface area contributed by atoms with Crippen molar-refractivity contribution in [1.29, 1.82) is 0 Å². The number of anilines is 1. The Kier molecular flexibility index (Phi) is 4.08. The number of aliphatic hydroxyl groups is 1. The van der Waals surface area contributed by atoms with Gasteiger partial charge in [-0.15, -0.1) is 0 Å². The number of rotatable bonds is 4. The molecule has 6 nitrogen and oxygen atoms in total. The molecule has 0 spiro atoms. The first kappa shape index (κ1) is 17.3. The first-order valence-corrected chi connectivity index (χ1v) is 10.3. The predicted molar refractivity (Wildman–Crippen MR) is 102 cm³/mol. The molecule has 5 fully saturated rings. The molecule has 4 saturated carbocycles. The minimum atomic E-state index is -0.214.